The first-order valence-corrected chi connectivity index (χ1v) is 7.63. The maximum absolute atomic E-state index is 5.66. The molecule has 0 aromatic heterocycles. The molecular weight excluding hydrogens is 242 g/mol. The Bertz CT molecular complexity index is 335. The van der Waals surface area contributed by atoms with Crippen molar-refractivity contribution in [3.05, 3.63) is 29.8 Å². The van der Waals surface area contributed by atoms with Crippen LogP contribution in [0.1, 0.15) is 39.3 Å². The van der Waals surface area contributed by atoms with Gasteiger partial charge in [-0.15, -0.1) is 0 Å². The lowest BCUT2D eigenvalue weighted by Crippen LogP contribution is -2.19. The summed E-state index contributed by atoms with van der Waals surface area (Å²) in [5.41, 5.74) is 1.32. The summed E-state index contributed by atoms with van der Waals surface area (Å²) in [7, 11) is 2.02. The third-order valence-electron chi connectivity index (χ3n) is 2.60. The van der Waals surface area contributed by atoms with Gasteiger partial charge in [-0.2, -0.15) is 11.8 Å². The second-order valence-electron chi connectivity index (χ2n) is 4.96. The summed E-state index contributed by atoms with van der Waals surface area (Å²) in [6.45, 7) is 8.56. The molecule has 0 fully saturated rings. The van der Waals surface area contributed by atoms with Crippen molar-refractivity contribution in [2.24, 2.45) is 0 Å². The molecule has 0 bridgehead atoms. The second-order valence-corrected chi connectivity index (χ2v) is 6.57. The minimum atomic E-state index is 0.229. The Hall–Kier alpha value is -0.670. The molecule has 0 saturated heterocycles. The molecule has 1 rings (SSSR count). The standard InChI is InChI=1S/C15H25NOS/c1-11(2)17-14-8-6-13(7-9-14)15(16-5)10-18-12(3)4/h6-9,11-12,15-16H,10H2,1-5H3. The number of hydrogen-bond donors (Lipinski definition) is 1. The predicted molar refractivity (Wildman–Crippen MR) is 81.6 cm³/mol. The molecule has 1 aromatic rings. The first-order chi connectivity index (χ1) is 8.52. The van der Waals surface area contributed by atoms with Crippen molar-refractivity contribution in [3.8, 4) is 5.75 Å². The van der Waals surface area contributed by atoms with E-state index in [-0.39, 0.29) is 6.10 Å². The first-order valence-electron chi connectivity index (χ1n) is 6.58. The molecule has 0 spiro atoms. The molecule has 0 heterocycles. The summed E-state index contributed by atoms with van der Waals surface area (Å²) >= 11 is 1.98. The second kappa shape index (κ2) is 7.70. The van der Waals surface area contributed by atoms with E-state index < -0.39 is 0 Å². The Morgan fingerprint density at radius 3 is 2.17 bits per heavy atom. The van der Waals surface area contributed by atoms with E-state index in [0.717, 1.165) is 11.5 Å². The average molecular weight is 267 g/mol. The third kappa shape index (κ3) is 5.32. The highest BCUT2D eigenvalue weighted by Gasteiger charge is 2.10. The first kappa shape index (κ1) is 15.4. The van der Waals surface area contributed by atoms with Gasteiger partial charge >= 0.3 is 0 Å². The zero-order chi connectivity index (χ0) is 13.5. The fraction of sp³-hybridized carbons (Fsp3) is 0.600. The Kier molecular flexibility index (Phi) is 6.58. The molecule has 0 aliphatic carbocycles. The van der Waals surface area contributed by atoms with Crippen LogP contribution in [0.4, 0.5) is 0 Å². The average Bonchev–Trinajstić information content (AvgIpc) is 2.31. The lowest BCUT2D eigenvalue weighted by molar-refractivity contribution is 0.242. The van der Waals surface area contributed by atoms with Crippen LogP contribution in [-0.4, -0.2) is 24.2 Å². The molecular formula is C15H25NOS. The van der Waals surface area contributed by atoms with Gasteiger partial charge in [0.05, 0.1) is 6.10 Å². The van der Waals surface area contributed by atoms with Gasteiger partial charge in [-0.05, 0) is 43.8 Å². The Morgan fingerprint density at radius 1 is 1.11 bits per heavy atom. The van der Waals surface area contributed by atoms with E-state index in [1.165, 1.54) is 5.56 Å². The minimum Gasteiger partial charge on any atom is -0.491 e. The van der Waals surface area contributed by atoms with Crippen LogP contribution in [0.15, 0.2) is 24.3 Å². The summed E-state index contributed by atoms with van der Waals surface area (Å²) in [6, 6.07) is 8.82. The van der Waals surface area contributed by atoms with Crippen molar-refractivity contribution in [2.75, 3.05) is 12.8 Å². The van der Waals surface area contributed by atoms with E-state index in [4.69, 9.17) is 4.74 Å². The molecule has 0 radical (unpaired) electrons. The fourth-order valence-corrected chi connectivity index (χ4v) is 2.62. The van der Waals surface area contributed by atoms with Gasteiger partial charge < -0.3 is 10.1 Å². The molecule has 0 aliphatic heterocycles. The molecule has 2 nitrogen and oxygen atoms in total. The van der Waals surface area contributed by atoms with Gasteiger partial charge in [0.15, 0.2) is 0 Å². The van der Waals surface area contributed by atoms with E-state index in [1.807, 2.05) is 32.7 Å². The maximum atomic E-state index is 5.66. The van der Waals surface area contributed by atoms with E-state index in [9.17, 15) is 0 Å². The monoisotopic (exact) mass is 267 g/mol. The Balaban J connectivity index is 2.63. The summed E-state index contributed by atoms with van der Waals surface area (Å²) < 4.78 is 5.66. The van der Waals surface area contributed by atoms with Crippen LogP contribution in [0.3, 0.4) is 0 Å². The van der Waals surface area contributed by atoms with Crippen LogP contribution in [0.2, 0.25) is 0 Å². The van der Waals surface area contributed by atoms with Crippen molar-refractivity contribution in [2.45, 2.75) is 45.1 Å². The summed E-state index contributed by atoms with van der Waals surface area (Å²) in [5, 5.41) is 4.04. The van der Waals surface area contributed by atoms with Crippen LogP contribution < -0.4 is 10.1 Å². The van der Waals surface area contributed by atoms with Crippen LogP contribution in [0.25, 0.3) is 0 Å². The Labute approximate surface area is 116 Å². The Morgan fingerprint density at radius 2 is 1.72 bits per heavy atom. The largest absolute Gasteiger partial charge is 0.491 e. The molecule has 1 N–H and O–H groups in total. The van der Waals surface area contributed by atoms with Crippen molar-refractivity contribution >= 4 is 11.8 Å². The van der Waals surface area contributed by atoms with Crippen LogP contribution in [-0.2, 0) is 0 Å². The highest BCUT2D eigenvalue weighted by molar-refractivity contribution is 7.99. The van der Waals surface area contributed by atoms with E-state index in [2.05, 4.69) is 43.4 Å². The minimum absolute atomic E-state index is 0.229. The van der Waals surface area contributed by atoms with Crippen LogP contribution >= 0.6 is 11.8 Å². The zero-order valence-corrected chi connectivity index (χ0v) is 12.9. The molecule has 102 valence electrons. The molecule has 0 amide bonds. The van der Waals surface area contributed by atoms with Gasteiger partial charge in [-0.3, -0.25) is 0 Å². The lowest BCUT2D eigenvalue weighted by Gasteiger charge is -2.18. The molecule has 1 aromatic carbocycles. The van der Waals surface area contributed by atoms with Gasteiger partial charge in [-0.25, -0.2) is 0 Å². The van der Waals surface area contributed by atoms with Crippen molar-refractivity contribution in [1.82, 2.24) is 5.32 Å². The molecule has 18 heavy (non-hydrogen) atoms. The summed E-state index contributed by atoms with van der Waals surface area (Å²) in [6.07, 6.45) is 0.229. The third-order valence-corrected chi connectivity index (χ3v) is 3.79. The number of ether oxygens (including phenoxy) is 1. The smallest absolute Gasteiger partial charge is 0.119 e. The number of rotatable bonds is 7. The van der Waals surface area contributed by atoms with Crippen molar-refractivity contribution < 1.29 is 4.74 Å². The highest BCUT2D eigenvalue weighted by atomic mass is 32.2. The number of nitrogens with one attached hydrogen (secondary N) is 1. The van der Waals surface area contributed by atoms with E-state index >= 15 is 0 Å². The van der Waals surface area contributed by atoms with E-state index in [0.29, 0.717) is 11.3 Å². The quantitative estimate of drug-likeness (QED) is 0.810. The van der Waals surface area contributed by atoms with Crippen molar-refractivity contribution in [3.63, 3.8) is 0 Å². The van der Waals surface area contributed by atoms with Gasteiger partial charge in [0.25, 0.3) is 0 Å². The number of benzene rings is 1. The van der Waals surface area contributed by atoms with Gasteiger partial charge in [0.2, 0.25) is 0 Å². The molecule has 0 saturated carbocycles. The fourth-order valence-electron chi connectivity index (χ4n) is 1.69. The molecule has 0 aliphatic rings. The maximum Gasteiger partial charge on any atom is 0.119 e. The number of thioether (sulfide) groups is 1. The van der Waals surface area contributed by atoms with Gasteiger partial charge in [0.1, 0.15) is 5.75 Å². The zero-order valence-electron chi connectivity index (χ0n) is 12.1. The molecule has 1 atom stereocenters. The topological polar surface area (TPSA) is 21.3 Å². The lowest BCUT2D eigenvalue weighted by atomic mass is 10.1. The summed E-state index contributed by atoms with van der Waals surface area (Å²) in [4.78, 5) is 0. The SMILES string of the molecule is CNC(CSC(C)C)c1ccc(OC(C)C)cc1. The molecule has 3 heteroatoms. The molecule has 1 unspecified atom stereocenters. The van der Waals surface area contributed by atoms with E-state index in [1.54, 1.807) is 0 Å². The van der Waals surface area contributed by atoms with Gasteiger partial charge in [-0.1, -0.05) is 26.0 Å². The number of hydrogen-bond acceptors (Lipinski definition) is 3. The normalized spacial score (nSPS) is 13.1. The van der Waals surface area contributed by atoms with Crippen LogP contribution in [0.5, 0.6) is 5.75 Å². The summed E-state index contributed by atoms with van der Waals surface area (Å²) in [5.74, 6) is 2.04. The van der Waals surface area contributed by atoms with Crippen LogP contribution in [0, 0.1) is 0 Å². The van der Waals surface area contributed by atoms with Gasteiger partial charge in [0, 0.05) is 11.8 Å². The highest BCUT2D eigenvalue weighted by Crippen LogP contribution is 2.23. The predicted octanol–water partition coefficient (Wildman–Crippen LogP) is 3.88. The van der Waals surface area contributed by atoms with Crippen molar-refractivity contribution in [1.29, 1.82) is 0 Å².